The van der Waals surface area contributed by atoms with Crippen LogP contribution in [-0.4, -0.2) is 30.0 Å². The molecule has 0 rings (SSSR count). The number of aldehydes is 1. The van der Waals surface area contributed by atoms with Gasteiger partial charge in [-0.3, -0.25) is 4.79 Å². The summed E-state index contributed by atoms with van der Waals surface area (Å²) in [6.07, 6.45) is -3.56. The molecule has 0 fully saturated rings. The number of alkyl halides is 8. The van der Waals surface area contributed by atoms with Crippen LogP contribution in [0.3, 0.4) is 0 Å². The largest absolute Gasteiger partial charge is 0.385 e. The third-order valence-electron chi connectivity index (χ3n) is 1.86. The lowest BCUT2D eigenvalue weighted by Gasteiger charge is -2.34. The summed E-state index contributed by atoms with van der Waals surface area (Å²) in [5, 5.41) is 0. The second-order valence-corrected chi connectivity index (χ2v) is 2.95. The molecule has 9 heteroatoms. The van der Waals surface area contributed by atoms with Gasteiger partial charge < -0.3 is 0 Å². The molecule has 0 aliphatic rings. The van der Waals surface area contributed by atoms with Crippen molar-refractivity contribution < 1.29 is 39.9 Å². The summed E-state index contributed by atoms with van der Waals surface area (Å²) < 4.78 is 99.1. The molecule has 0 N–H and O–H groups in total. The molecule has 96 valence electrons. The van der Waals surface area contributed by atoms with Gasteiger partial charge in [-0.05, 0) is 0 Å². The molecule has 0 aliphatic heterocycles. The fourth-order valence-corrected chi connectivity index (χ4v) is 0.735. The monoisotopic (exact) mass is 258 g/mol. The molecule has 0 amide bonds. The van der Waals surface area contributed by atoms with Crippen LogP contribution in [0.5, 0.6) is 0 Å². The van der Waals surface area contributed by atoms with Crippen molar-refractivity contribution in [2.45, 2.75) is 37.0 Å². The molecule has 0 saturated carbocycles. The van der Waals surface area contributed by atoms with Crippen molar-refractivity contribution in [3.63, 3.8) is 0 Å². The molecule has 1 nitrogen and oxygen atoms in total. The molecule has 0 unspecified atom stereocenters. The number of carbonyl (C=O) groups excluding carboxylic acids is 1. The minimum Gasteiger partial charge on any atom is -0.296 e. The van der Waals surface area contributed by atoms with Crippen LogP contribution >= 0.6 is 0 Å². The molecule has 0 aromatic carbocycles. The van der Waals surface area contributed by atoms with Gasteiger partial charge >= 0.3 is 23.7 Å². The Morgan fingerprint density at radius 3 is 1.50 bits per heavy atom. The summed E-state index contributed by atoms with van der Waals surface area (Å²) in [5.41, 5.74) is 0. The Labute approximate surface area is 84.4 Å². The Hall–Kier alpha value is -0.890. The maximum Gasteiger partial charge on any atom is 0.385 e. The summed E-state index contributed by atoms with van der Waals surface area (Å²) in [7, 11) is 0. The Bertz CT molecular complexity index is 272. The van der Waals surface area contributed by atoms with E-state index in [1.807, 2.05) is 0 Å². The van der Waals surface area contributed by atoms with Crippen molar-refractivity contribution in [3.8, 4) is 0 Å². The summed E-state index contributed by atoms with van der Waals surface area (Å²) in [6, 6.07) is 0. The van der Waals surface area contributed by atoms with E-state index in [0.29, 0.717) is 6.92 Å². The molecule has 0 heterocycles. The van der Waals surface area contributed by atoms with Crippen LogP contribution in [0.4, 0.5) is 35.1 Å². The van der Waals surface area contributed by atoms with Gasteiger partial charge in [-0.15, -0.1) is 0 Å². The Kier molecular flexibility index (Phi) is 3.63. The summed E-state index contributed by atoms with van der Waals surface area (Å²) in [4.78, 5) is 9.53. The number of hydrogen-bond acceptors (Lipinski definition) is 1. The van der Waals surface area contributed by atoms with Gasteiger partial charge in [0, 0.05) is 6.42 Å². The Morgan fingerprint density at radius 2 is 1.25 bits per heavy atom. The van der Waals surface area contributed by atoms with E-state index < -0.39 is 36.4 Å². The summed E-state index contributed by atoms with van der Waals surface area (Å²) >= 11 is 0. The molecule has 0 aromatic rings. The summed E-state index contributed by atoms with van der Waals surface area (Å²) in [5.74, 6) is -24.0. The molecule has 0 aromatic heterocycles. The van der Waals surface area contributed by atoms with Crippen LogP contribution in [0, 0.1) is 0 Å². The van der Waals surface area contributed by atoms with E-state index in [2.05, 4.69) is 0 Å². The second kappa shape index (κ2) is 3.85. The molecular weight excluding hydrogens is 252 g/mol. The van der Waals surface area contributed by atoms with Crippen molar-refractivity contribution in [1.29, 1.82) is 0 Å². The second-order valence-electron chi connectivity index (χ2n) is 2.95. The third kappa shape index (κ3) is 1.86. The highest BCUT2D eigenvalue weighted by Gasteiger charge is 2.79. The molecule has 0 radical (unpaired) electrons. The van der Waals surface area contributed by atoms with Crippen molar-refractivity contribution >= 4 is 6.29 Å². The van der Waals surface area contributed by atoms with Crippen LogP contribution in [0.2, 0.25) is 0 Å². The van der Waals surface area contributed by atoms with E-state index in [9.17, 15) is 39.9 Å². The fourth-order valence-electron chi connectivity index (χ4n) is 0.735. The molecule has 0 spiro atoms. The van der Waals surface area contributed by atoms with E-state index in [-0.39, 0.29) is 0 Å². The third-order valence-corrected chi connectivity index (χ3v) is 1.86. The lowest BCUT2D eigenvalue weighted by Crippen LogP contribution is -2.62. The van der Waals surface area contributed by atoms with Crippen molar-refractivity contribution in [2.75, 3.05) is 0 Å². The highest BCUT2D eigenvalue weighted by Crippen LogP contribution is 2.52. The van der Waals surface area contributed by atoms with E-state index in [4.69, 9.17) is 0 Å². The van der Waals surface area contributed by atoms with Crippen LogP contribution in [0.1, 0.15) is 13.3 Å². The van der Waals surface area contributed by atoms with Gasteiger partial charge in [0.2, 0.25) is 0 Å². The average Bonchev–Trinajstić information content (AvgIpc) is 2.16. The first-order valence-electron chi connectivity index (χ1n) is 3.85. The molecule has 0 saturated heterocycles. The van der Waals surface area contributed by atoms with E-state index in [1.54, 1.807) is 0 Å². The van der Waals surface area contributed by atoms with Crippen LogP contribution in [-0.2, 0) is 4.79 Å². The SMILES string of the molecule is CCC(F)(F)C(F)(F)C(F)(F)C(F)(F)C=O. The standard InChI is InChI=1S/C7H6F8O/c1-2-4(8,9)6(12,13)7(14,15)5(10,11)3-16/h3H,2H2,1H3. The minimum absolute atomic E-state index is 0.420. The zero-order valence-corrected chi connectivity index (χ0v) is 7.72. The minimum atomic E-state index is -6.46. The highest BCUT2D eigenvalue weighted by atomic mass is 19.4. The van der Waals surface area contributed by atoms with Gasteiger partial charge in [-0.1, -0.05) is 6.92 Å². The van der Waals surface area contributed by atoms with E-state index in [0.717, 1.165) is 0 Å². The van der Waals surface area contributed by atoms with Gasteiger partial charge in [0.05, 0.1) is 0 Å². The van der Waals surface area contributed by atoms with Gasteiger partial charge in [-0.25, -0.2) is 0 Å². The smallest absolute Gasteiger partial charge is 0.296 e. The van der Waals surface area contributed by atoms with Gasteiger partial charge in [0.1, 0.15) is 0 Å². The summed E-state index contributed by atoms with van der Waals surface area (Å²) in [6.45, 7) is 0.420. The predicted molar refractivity (Wildman–Crippen MR) is 36.1 cm³/mol. The number of hydrogen-bond donors (Lipinski definition) is 0. The zero-order chi connectivity index (χ0) is 13.4. The predicted octanol–water partition coefficient (Wildman–Crippen LogP) is 3.14. The molecule has 0 bridgehead atoms. The first kappa shape index (κ1) is 15.1. The highest BCUT2D eigenvalue weighted by molar-refractivity contribution is 5.62. The fraction of sp³-hybridized carbons (Fsp3) is 0.857. The van der Waals surface area contributed by atoms with Gasteiger partial charge in [0.25, 0.3) is 0 Å². The first-order chi connectivity index (χ1) is 6.87. The van der Waals surface area contributed by atoms with Gasteiger partial charge in [0.15, 0.2) is 6.29 Å². The quantitative estimate of drug-likeness (QED) is 0.547. The molecule has 0 aliphatic carbocycles. The van der Waals surface area contributed by atoms with Crippen molar-refractivity contribution in [3.05, 3.63) is 0 Å². The number of rotatable bonds is 5. The van der Waals surface area contributed by atoms with Gasteiger partial charge in [-0.2, -0.15) is 35.1 Å². The van der Waals surface area contributed by atoms with Crippen molar-refractivity contribution in [2.24, 2.45) is 0 Å². The Morgan fingerprint density at radius 1 is 0.875 bits per heavy atom. The normalized spacial score (nSPS) is 15.1. The Balaban J connectivity index is 5.55. The molecule has 0 atom stereocenters. The van der Waals surface area contributed by atoms with E-state index >= 15 is 0 Å². The molecule has 16 heavy (non-hydrogen) atoms. The van der Waals surface area contributed by atoms with Crippen molar-refractivity contribution in [1.82, 2.24) is 0 Å². The maximum absolute atomic E-state index is 12.5. The number of carbonyl (C=O) groups is 1. The van der Waals surface area contributed by atoms with E-state index in [1.165, 1.54) is 0 Å². The first-order valence-corrected chi connectivity index (χ1v) is 3.85. The van der Waals surface area contributed by atoms with Crippen LogP contribution in [0.15, 0.2) is 0 Å². The molecular formula is C7H6F8O. The lowest BCUT2D eigenvalue weighted by molar-refractivity contribution is -0.354. The topological polar surface area (TPSA) is 17.1 Å². The maximum atomic E-state index is 12.5. The number of halogens is 8. The van der Waals surface area contributed by atoms with Crippen LogP contribution in [0.25, 0.3) is 0 Å². The van der Waals surface area contributed by atoms with Crippen LogP contribution < -0.4 is 0 Å². The zero-order valence-electron chi connectivity index (χ0n) is 7.72. The lowest BCUT2D eigenvalue weighted by atomic mass is 9.98. The average molecular weight is 258 g/mol.